The number of aromatic amines is 1. The van der Waals surface area contributed by atoms with Crippen LogP contribution in [0.25, 0.3) is 10.9 Å². The average Bonchev–Trinajstić information content (AvgIpc) is 2.92. The van der Waals surface area contributed by atoms with E-state index in [9.17, 15) is 4.79 Å². The van der Waals surface area contributed by atoms with Gasteiger partial charge in [0.25, 0.3) is 0 Å². The quantitative estimate of drug-likeness (QED) is 0.752. The van der Waals surface area contributed by atoms with Crippen molar-refractivity contribution < 1.29 is 9.53 Å². The minimum atomic E-state index is -0.879. The van der Waals surface area contributed by atoms with Crippen molar-refractivity contribution in [2.24, 2.45) is 5.73 Å². The fraction of sp³-hybridized carbons (Fsp3) is 0.250. The molecule has 1 atom stereocenters. The van der Waals surface area contributed by atoms with Crippen molar-refractivity contribution in [3.8, 4) is 5.75 Å². The van der Waals surface area contributed by atoms with Crippen molar-refractivity contribution in [1.29, 1.82) is 0 Å². The van der Waals surface area contributed by atoms with E-state index in [4.69, 9.17) is 10.5 Å². The summed E-state index contributed by atoms with van der Waals surface area (Å²) in [5.74, 6) is 0.410. The maximum absolute atomic E-state index is 12.7. The topological polar surface area (TPSA) is 68.1 Å². The first-order chi connectivity index (χ1) is 11.5. The molecule has 1 heterocycles. The standard InChI is InChI=1S/C20H22N2O2/c1-4-20(19(21)23,14-8-6-5-7-9-14)18-13(2)22-17-11-10-15(24-3)12-16(17)18/h5-12,22H,4H2,1-3H3,(H2,21,23). The Bertz CT molecular complexity index is 883. The molecule has 0 bridgehead atoms. The number of methoxy groups -OCH3 is 1. The number of fused-ring (bicyclic) bond motifs is 1. The minimum Gasteiger partial charge on any atom is -0.497 e. The number of nitrogens with one attached hydrogen (secondary N) is 1. The van der Waals surface area contributed by atoms with Crippen LogP contribution in [-0.2, 0) is 10.2 Å². The van der Waals surface area contributed by atoms with Gasteiger partial charge in [0.05, 0.1) is 7.11 Å². The molecule has 3 rings (SSSR count). The van der Waals surface area contributed by atoms with Crippen molar-refractivity contribution in [3.63, 3.8) is 0 Å². The average molecular weight is 322 g/mol. The fourth-order valence-electron chi connectivity index (χ4n) is 3.67. The highest BCUT2D eigenvalue weighted by molar-refractivity contribution is 5.98. The Morgan fingerprint density at radius 3 is 2.50 bits per heavy atom. The summed E-state index contributed by atoms with van der Waals surface area (Å²) < 4.78 is 5.37. The number of aromatic nitrogens is 1. The second-order valence-electron chi connectivity index (χ2n) is 6.03. The van der Waals surface area contributed by atoms with E-state index in [0.717, 1.165) is 33.5 Å². The number of ether oxygens (including phenoxy) is 1. The Morgan fingerprint density at radius 2 is 1.92 bits per heavy atom. The second-order valence-corrected chi connectivity index (χ2v) is 6.03. The minimum absolute atomic E-state index is 0.344. The molecule has 4 nitrogen and oxygen atoms in total. The number of rotatable bonds is 5. The zero-order chi connectivity index (χ0) is 17.3. The highest BCUT2D eigenvalue weighted by Crippen LogP contribution is 2.42. The Morgan fingerprint density at radius 1 is 1.21 bits per heavy atom. The third kappa shape index (κ3) is 2.26. The van der Waals surface area contributed by atoms with Crippen LogP contribution in [-0.4, -0.2) is 18.0 Å². The number of benzene rings is 2. The third-order valence-corrected chi connectivity index (χ3v) is 4.84. The smallest absolute Gasteiger partial charge is 0.232 e. The molecular formula is C20H22N2O2. The number of nitrogens with two attached hydrogens (primary N) is 1. The van der Waals surface area contributed by atoms with Gasteiger partial charge >= 0.3 is 0 Å². The van der Waals surface area contributed by atoms with Gasteiger partial charge in [-0.15, -0.1) is 0 Å². The van der Waals surface area contributed by atoms with Gasteiger partial charge in [-0.3, -0.25) is 4.79 Å². The Kier molecular flexibility index (Phi) is 4.06. The lowest BCUT2D eigenvalue weighted by molar-refractivity contribution is -0.122. The van der Waals surface area contributed by atoms with Crippen LogP contribution >= 0.6 is 0 Å². The normalized spacial score (nSPS) is 13.6. The number of hydrogen-bond acceptors (Lipinski definition) is 2. The molecule has 0 fully saturated rings. The van der Waals surface area contributed by atoms with Gasteiger partial charge in [-0.25, -0.2) is 0 Å². The monoisotopic (exact) mass is 322 g/mol. The first kappa shape index (κ1) is 16.1. The molecule has 0 aliphatic heterocycles. The summed E-state index contributed by atoms with van der Waals surface area (Å²) in [6.45, 7) is 3.98. The third-order valence-electron chi connectivity index (χ3n) is 4.84. The van der Waals surface area contributed by atoms with Crippen molar-refractivity contribution in [2.45, 2.75) is 25.7 Å². The van der Waals surface area contributed by atoms with Crippen LogP contribution in [0, 0.1) is 6.92 Å². The van der Waals surface area contributed by atoms with Crippen molar-refractivity contribution in [2.75, 3.05) is 7.11 Å². The van der Waals surface area contributed by atoms with Crippen LogP contribution in [0.2, 0.25) is 0 Å². The molecular weight excluding hydrogens is 300 g/mol. The van der Waals surface area contributed by atoms with Crippen LogP contribution in [0.4, 0.5) is 0 Å². The number of amides is 1. The van der Waals surface area contributed by atoms with E-state index in [2.05, 4.69) is 4.98 Å². The zero-order valence-corrected chi connectivity index (χ0v) is 14.2. The zero-order valence-electron chi connectivity index (χ0n) is 14.2. The molecule has 2 aromatic carbocycles. The summed E-state index contributed by atoms with van der Waals surface area (Å²) in [6, 6.07) is 15.6. The van der Waals surface area contributed by atoms with E-state index in [1.165, 1.54) is 0 Å². The molecule has 0 aliphatic rings. The van der Waals surface area contributed by atoms with Crippen molar-refractivity contribution >= 4 is 16.8 Å². The molecule has 124 valence electrons. The molecule has 1 unspecified atom stereocenters. The van der Waals surface area contributed by atoms with Crippen molar-refractivity contribution in [3.05, 3.63) is 65.4 Å². The molecule has 3 aromatic rings. The van der Waals surface area contributed by atoms with Gasteiger partial charge in [0.15, 0.2) is 0 Å². The lowest BCUT2D eigenvalue weighted by atomic mass is 9.70. The molecule has 4 heteroatoms. The van der Waals surface area contributed by atoms with Gasteiger partial charge < -0.3 is 15.5 Å². The summed E-state index contributed by atoms with van der Waals surface area (Å²) in [7, 11) is 1.64. The Labute approximate surface area is 141 Å². The van der Waals surface area contributed by atoms with Gasteiger partial charge in [0.2, 0.25) is 5.91 Å². The number of aryl methyl sites for hydroxylation is 1. The second kappa shape index (κ2) is 6.04. The first-order valence-corrected chi connectivity index (χ1v) is 8.06. The van der Waals surface area contributed by atoms with Gasteiger partial charge in [-0.2, -0.15) is 0 Å². The maximum atomic E-state index is 12.7. The van der Waals surface area contributed by atoms with Crippen LogP contribution < -0.4 is 10.5 Å². The van der Waals surface area contributed by atoms with E-state index >= 15 is 0 Å². The molecule has 24 heavy (non-hydrogen) atoms. The predicted molar refractivity (Wildman–Crippen MR) is 96.3 cm³/mol. The van der Waals surface area contributed by atoms with E-state index in [0.29, 0.717) is 6.42 Å². The molecule has 0 aliphatic carbocycles. The summed E-state index contributed by atoms with van der Waals surface area (Å²) in [4.78, 5) is 16.1. The fourth-order valence-corrected chi connectivity index (χ4v) is 3.67. The number of H-pyrrole nitrogens is 1. The molecule has 0 radical (unpaired) electrons. The number of primary amides is 1. The summed E-state index contributed by atoms with van der Waals surface area (Å²) in [6.07, 6.45) is 0.581. The molecule has 1 amide bonds. The van der Waals surface area contributed by atoms with E-state index < -0.39 is 5.41 Å². The molecule has 0 saturated heterocycles. The van der Waals surface area contributed by atoms with Gasteiger partial charge in [0, 0.05) is 22.2 Å². The summed E-state index contributed by atoms with van der Waals surface area (Å²) in [5.41, 5.74) is 8.83. The first-order valence-electron chi connectivity index (χ1n) is 8.06. The van der Waals surface area contributed by atoms with Crippen LogP contribution in [0.5, 0.6) is 5.75 Å². The SMILES string of the molecule is CCC(C(N)=O)(c1ccccc1)c1c(C)[nH]c2ccc(OC)cc12. The lowest BCUT2D eigenvalue weighted by Crippen LogP contribution is -2.42. The highest BCUT2D eigenvalue weighted by Gasteiger charge is 2.41. The van der Waals surface area contributed by atoms with Gasteiger partial charge in [-0.1, -0.05) is 37.3 Å². The van der Waals surface area contributed by atoms with Crippen LogP contribution in [0.1, 0.15) is 30.2 Å². The van der Waals surface area contributed by atoms with Gasteiger partial charge in [-0.05, 0) is 37.1 Å². The predicted octanol–water partition coefficient (Wildman–Crippen LogP) is 3.67. The highest BCUT2D eigenvalue weighted by atomic mass is 16.5. The van der Waals surface area contributed by atoms with E-state index in [1.807, 2.05) is 62.4 Å². The molecule has 3 N–H and O–H groups in total. The molecule has 1 aromatic heterocycles. The van der Waals surface area contributed by atoms with Crippen molar-refractivity contribution in [1.82, 2.24) is 4.98 Å². The summed E-state index contributed by atoms with van der Waals surface area (Å²) in [5, 5.41) is 0.969. The number of carbonyl (C=O) groups excluding carboxylic acids is 1. The number of carbonyl (C=O) groups is 1. The number of hydrogen-bond donors (Lipinski definition) is 2. The summed E-state index contributed by atoms with van der Waals surface area (Å²) >= 11 is 0. The Hall–Kier alpha value is -2.75. The molecule has 0 saturated carbocycles. The largest absolute Gasteiger partial charge is 0.497 e. The van der Waals surface area contributed by atoms with Gasteiger partial charge in [0.1, 0.15) is 11.2 Å². The van der Waals surface area contributed by atoms with E-state index in [-0.39, 0.29) is 5.91 Å². The Balaban J connectivity index is 2.39. The van der Waals surface area contributed by atoms with E-state index in [1.54, 1.807) is 7.11 Å². The maximum Gasteiger partial charge on any atom is 0.232 e. The lowest BCUT2D eigenvalue weighted by Gasteiger charge is -2.31. The van der Waals surface area contributed by atoms with Crippen LogP contribution in [0.3, 0.4) is 0 Å². The van der Waals surface area contributed by atoms with Crippen LogP contribution in [0.15, 0.2) is 48.5 Å². The molecule has 0 spiro atoms.